The fraction of sp³-hybridized carbons (Fsp3) is 0.318. The highest BCUT2D eigenvalue weighted by atomic mass is 16.5. The van der Waals surface area contributed by atoms with Gasteiger partial charge in [0, 0.05) is 5.56 Å². The Labute approximate surface area is 178 Å². The van der Waals surface area contributed by atoms with Gasteiger partial charge in [-0.1, -0.05) is 0 Å². The van der Waals surface area contributed by atoms with E-state index in [1.54, 1.807) is 18.2 Å². The molecule has 0 fully saturated rings. The maximum Gasteiger partial charge on any atom is 0.239 e. The lowest BCUT2D eigenvalue weighted by molar-refractivity contribution is 0.306. The zero-order valence-electron chi connectivity index (χ0n) is 18.4. The summed E-state index contributed by atoms with van der Waals surface area (Å²) in [6.07, 6.45) is 0. The molecule has 0 aliphatic rings. The first-order valence-corrected chi connectivity index (χ1v) is 9.14. The van der Waals surface area contributed by atoms with Crippen molar-refractivity contribution in [2.24, 2.45) is 0 Å². The minimum Gasteiger partial charge on any atom is -0.493 e. The van der Waals surface area contributed by atoms with Gasteiger partial charge in [0.15, 0.2) is 28.6 Å². The quantitative estimate of drug-likeness (QED) is 0.530. The molecule has 166 valence electrons. The predicted octanol–water partition coefficient (Wildman–Crippen LogP) is 3.52. The molecule has 2 aromatic carbocycles. The van der Waals surface area contributed by atoms with Gasteiger partial charge in [0.1, 0.15) is 5.39 Å². The molecule has 0 N–H and O–H groups in total. The van der Waals surface area contributed by atoms with E-state index in [0.717, 1.165) is 0 Å². The molecule has 31 heavy (non-hydrogen) atoms. The van der Waals surface area contributed by atoms with Crippen LogP contribution in [-0.4, -0.2) is 49.8 Å². The van der Waals surface area contributed by atoms with E-state index < -0.39 is 5.43 Å². The monoisotopic (exact) mass is 432 g/mol. The van der Waals surface area contributed by atoms with E-state index in [0.29, 0.717) is 17.1 Å². The minimum absolute atomic E-state index is 0.0210. The van der Waals surface area contributed by atoms with Gasteiger partial charge in [-0.25, -0.2) is 0 Å². The van der Waals surface area contributed by atoms with Crippen molar-refractivity contribution >= 4 is 11.0 Å². The normalized spacial score (nSPS) is 10.5. The van der Waals surface area contributed by atoms with Crippen LogP contribution in [0, 0.1) is 0 Å². The summed E-state index contributed by atoms with van der Waals surface area (Å²) in [5.74, 6) is 1.88. The second-order valence-corrected chi connectivity index (χ2v) is 6.20. The Morgan fingerprint density at radius 2 is 1.16 bits per heavy atom. The van der Waals surface area contributed by atoms with E-state index in [1.165, 1.54) is 49.8 Å². The lowest BCUT2D eigenvalue weighted by Gasteiger charge is -2.19. The third kappa shape index (κ3) is 3.41. The third-order valence-corrected chi connectivity index (χ3v) is 4.79. The fourth-order valence-electron chi connectivity index (χ4n) is 3.41. The lowest BCUT2D eigenvalue weighted by atomic mass is 10.1. The predicted molar refractivity (Wildman–Crippen MR) is 114 cm³/mol. The number of rotatable bonds is 8. The zero-order valence-corrected chi connectivity index (χ0v) is 18.4. The maximum atomic E-state index is 13.5. The van der Waals surface area contributed by atoms with Crippen LogP contribution in [0.1, 0.15) is 0 Å². The summed E-state index contributed by atoms with van der Waals surface area (Å²) in [6, 6.07) is 5.10. The van der Waals surface area contributed by atoms with Crippen molar-refractivity contribution in [2.75, 3.05) is 49.8 Å². The van der Waals surface area contributed by atoms with Crippen LogP contribution in [0.5, 0.6) is 40.2 Å². The van der Waals surface area contributed by atoms with Crippen molar-refractivity contribution in [3.8, 4) is 51.6 Å². The van der Waals surface area contributed by atoms with Crippen molar-refractivity contribution in [1.82, 2.24) is 0 Å². The third-order valence-electron chi connectivity index (χ3n) is 4.79. The standard InChI is InChI=1S/C22H24O9/c1-24-12-9-8-11(10-13(12)25-2)16-19(27-4)15(23)14-17(26-3)20(28-5)22(30-7)21(29-6)18(14)31-16/h8-10H,1-7H3. The molecule has 3 aromatic rings. The molecule has 0 aliphatic heterocycles. The molecule has 0 spiro atoms. The number of benzene rings is 2. The van der Waals surface area contributed by atoms with Crippen LogP contribution in [0.25, 0.3) is 22.3 Å². The topological polar surface area (TPSA) is 94.8 Å². The van der Waals surface area contributed by atoms with Crippen LogP contribution in [0.2, 0.25) is 0 Å². The molecule has 0 aliphatic carbocycles. The average Bonchev–Trinajstić information content (AvgIpc) is 2.81. The van der Waals surface area contributed by atoms with Crippen LogP contribution in [-0.2, 0) is 0 Å². The molecule has 0 radical (unpaired) electrons. The van der Waals surface area contributed by atoms with Crippen LogP contribution >= 0.6 is 0 Å². The van der Waals surface area contributed by atoms with E-state index in [1.807, 2.05) is 0 Å². The molecule has 0 saturated heterocycles. The maximum absolute atomic E-state index is 13.5. The Morgan fingerprint density at radius 3 is 1.68 bits per heavy atom. The van der Waals surface area contributed by atoms with Gasteiger partial charge in [-0.3, -0.25) is 4.79 Å². The molecule has 1 heterocycles. The number of fused-ring (bicyclic) bond motifs is 1. The highest BCUT2D eigenvalue weighted by molar-refractivity contribution is 5.97. The van der Waals surface area contributed by atoms with Crippen molar-refractivity contribution in [3.05, 3.63) is 28.4 Å². The van der Waals surface area contributed by atoms with Crippen molar-refractivity contribution < 1.29 is 37.6 Å². The number of ether oxygens (including phenoxy) is 7. The first kappa shape index (κ1) is 21.9. The fourth-order valence-corrected chi connectivity index (χ4v) is 3.41. The highest BCUT2D eigenvalue weighted by Gasteiger charge is 2.30. The van der Waals surface area contributed by atoms with Gasteiger partial charge in [0.2, 0.25) is 28.4 Å². The summed E-state index contributed by atoms with van der Waals surface area (Å²) in [5.41, 5.74) is 0.182. The Morgan fingerprint density at radius 1 is 0.613 bits per heavy atom. The summed E-state index contributed by atoms with van der Waals surface area (Å²) < 4.78 is 44.1. The molecule has 9 nitrogen and oxygen atoms in total. The second-order valence-electron chi connectivity index (χ2n) is 6.20. The molecule has 0 bridgehead atoms. The molecule has 0 atom stereocenters. The highest BCUT2D eigenvalue weighted by Crippen LogP contribution is 2.51. The number of methoxy groups -OCH3 is 7. The van der Waals surface area contributed by atoms with Gasteiger partial charge in [-0.2, -0.15) is 0 Å². The van der Waals surface area contributed by atoms with Crippen molar-refractivity contribution in [3.63, 3.8) is 0 Å². The SMILES string of the molecule is COc1ccc(-c2oc3c(OC)c(OC)c(OC)c(OC)c3c(=O)c2OC)cc1OC. The molecule has 9 heteroatoms. The molecular formula is C22H24O9. The molecular weight excluding hydrogens is 408 g/mol. The largest absolute Gasteiger partial charge is 0.493 e. The van der Waals surface area contributed by atoms with Crippen molar-refractivity contribution in [2.45, 2.75) is 0 Å². The Bertz CT molecular complexity index is 1160. The first-order chi connectivity index (χ1) is 15.0. The average molecular weight is 432 g/mol. The molecule has 0 amide bonds. The molecule has 0 saturated carbocycles. The summed E-state index contributed by atoms with van der Waals surface area (Å²) in [6.45, 7) is 0. The second kappa shape index (κ2) is 8.95. The summed E-state index contributed by atoms with van der Waals surface area (Å²) in [7, 11) is 10.2. The lowest BCUT2D eigenvalue weighted by Crippen LogP contribution is -2.11. The van der Waals surface area contributed by atoms with Crippen molar-refractivity contribution in [1.29, 1.82) is 0 Å². The summed E-state index contributed by atoms with van der Waals surface area (Å²) >= 11 is 0. The van der Waals surface area contributed by atoms with Gasteiger partial charge in [-0.05, 0) is 18.2 Å². The Kier molecular flexibility index (Phi) is 6.33. The molecule has 1 aromatic heterocycles. The Hall–Kier alpha value is -3.75. The summed E-state index contributed by atoms with van der Waals surface area (Å²) in [4.78, 5) is 13.5. The van der Waals surface area contributed by atoms with E-state index in [-0.39, 0.29) is 45.5 Å². The smallest absolute Gasteiger partial charge is 0.239 e. The van der Waals surface area contributed by atoms with E-state index in [9.17, 15) is 4.79 Å². The minimum atomic E-state index is -0.468. The molecule has 0 unspecified atom stereocenters. The molecule has 3 rings (SSSR count). The van der Waals surface area contributed by atoms with Gasteiger partial charge >= 0.3 is 0 Å². The first-order valence-electron chi connectivity index (χ1n) is 9.14. The van der Waals surface area contributed by atoms with Gasteiger partial charge in [-0.15, -0.1) is 0 Å². The number of hydrogen-bond acceptors (Lipinski definition) is 9. The van der Waals surface area contributed by atoms with Crippen LogP contribution in [0.4, 0.5) is 0 Å². The van der Waals surface area contributed by atoms with E-state index in [4.69, 9.17) is 37.6 Å². The van der Waals surface area contributed by atoms with Crippen LogP contribution < -0.4 is 38.6 Å². The van der Waals surface area contributed by atoms with E-state index in [2.05, 4.69) is 0 Å². The van der Waals surface area contributed by atoms with Crippen LogP contribution in [0.3, 0.4) is 0 Å². The summed E-state index contributed by atoms with van der Waals surface area (Å²) in [5, 5.41) is 0.0954. The van der Waals surface area contributed by atoms with Gasteiger partial charge < -0.3 is 37.6 Å². The van der Waals surface area contributed by atoms with E-state index >= 15 is 0 Å². The Balaban J connectivity index is 2.50. The zero-order chi connectivity index (χ0) is 22.7. The van der Waals surface area contributed by atoms with Crippen LogP contribution in [0.15, 0.2) is 27.4 Å². The van der Waals surface area contributed by atoms with Gasteiger partial charge in [0.05, 0.1) is 49.8 Å². The number of hydrogen-bond donors (Lipinski definition) is 0. The van der Waals surface area contributed by atoms with Gasteiger partial charge in [0.25, 0.3) is 0 Å².